The van der Waals surface area contributed by atoms with E-state index in [1.165, 1.54) is 12.1 Å². The van der Waals surface area contributed by atoms with Crippen molar-refractivity contribution in [3.8, 4) is 11.5 Å². The van der Waals surface area contributed by atoms with Gasteiger partial charge in [0, 0.05) is 29.9 Å². The number of rotatable bonds is 7. The highest BCUT2D eigenvalue weighted by Gasteiger charge is 2.16. The number of benzene rings is 3. The topological polar surface area (TPSA) is 125 Å². The van der Waals surface area contributed by atoms with Gasteiger partial charge in [0.25, 0.3) is 5.69 Å². The number of anilines is 1. The number of sulfonamides is 1. The lowest BCUT2D eigenvalue weighted by Crippen LogP contribution is -2.13. The van der Waals surface area contributed by atoms with E-state index in [9.17, 15) is 18.5 Å². The Balaban J connectivity index is 1.85. The summed E-state index contributed by atoms with van der Waals surface area (Å²) in [5.41, 5.74) is 0.672. The van der Waals surface area contributed by atoms with E-state index in [1.807, 2.05) is 48.5 Å². The predicted octanol–water partition coefficient (Wildman–Crippen LogP) is 3.65. The van der Waals surface area contributed by atoms with Crippen LogP contribution in [-0.2, 0) is 16.6 Å². The standard InChI is InChI=1S/C19H17N3O5S/c20-28(25,26)18-11-15(10-16(12-18)22(23)24)21-13-14-6-4-5-9-19(14)27-17-7-2-1-3-8-17/h1-12,21H,13H2,(H2,20,25,26). The molecular formula is C19H17N3O5S. The second kappa shape index (κ2) is 8.07. The number of nitro benzene ring substituents is 1. The van der Waals surface area contributed by atoms with Crippen LogP contribution in [0.1, 0.15) is 5.56 Å². The Hall–Kier alpha value is -3.43. The fourth-order valence-corrected chi connectivity index (χ4v) is 3.09. The van der Waals surface area contributed by atoms with Gasteiger partial charge in [0.2, 0.25) is 10.0 Å². The van der Waals surface area contributed by atoms with Crippen molar-refractivity contribution in [2.24, 2.45) is 5.14 Å². The molecule has 0 heterocycles. The molecule has 28 heavy (non-hydrogen) atoms. The molecule has 3 aromatic rings. The number of para-hydroxylation sites is 2. The summed E-state index contributed by atoms with van der Waals surface area (Å²) in [5, 5.41) is 19.2. The van der Waals surface area contributed by atoms with Gasteiger partial charge in [-0.25, -0.2) is 13.6 Å². The molecule has 0 atom stereocenters. The molecule has 3 N–H and O–H groups in total. The molecule has 0 fully saturated rings. The van der Waals surface area contributed by atoms with Crippen LogP contribution in [0.5, 0.6) is 11.5 Å². The predicted molar refractivity (Wildman–Crippen MR) is 105 cm³/mol. The van der Waals surface area contributed by atoms with E-state index in [2.05, 4.69) is 5.32 Å². The van der Waals surface area contributed by atoms with Gasteiger partial charge >= 0.3 is 0 Å². The molecule has 0 aromatic heterocycles. The van der Waals surface area contributed by atoms with Crippen molar-refractivity contribution in [3.05, 3.63) is 88.5 Å². The van der Waals surface area contributed by atoms with Crippen molar-refractivity contribution >= 4 is 21.4 Å². The van der Waals surface area contributed by atoms with Gasteiger partial charge in [-0.1, -0.05) is 36.4 Å². The van der Waals surface area contributed by atoms with Crippen LogP contribution >= 0.6 is 0 Å². The third-order valence-corrected chi connectivity index (χ3v) is 4.75. The van der Waals surface area contributed by atoms with Crippen LogP contribution in [0.4, 0.5) is 11.4 Å². The quantitative estimate of drug-likeness (QED) is 0.461. The lowest BCUT2D eigenvalue weighted by molar-refractivity contribution is -0.385. The van der Waals surface area contributed by atoms with Crippen molar-refractivity contribution in [3.63, 3.8) is 0 Å². The Morgan fingerprint density at radius 3 is 2.36 bits per heavy atom. The number of hydrogen-bond donors (Lipinski definition) is 2. The van der Waals surface area contributed by atoms with Gasteiger partial charge in [-0.05, 0) is 24.3 Å². The second-order valence-corrected chi connectivity index (χ2v) is 7.46. The van der Waals surface area contributed by atoms with Crippen LogP contribution < -0.4 is 15.2 Å². The zero-order valence-corrected chi connectivity index (χ0v) is 15.4. The van der Waals surface area contributed by atoms with Crippen LogP contribution in [0.15, 0.2) is 77.7 Å². The minimum absolute atomic E-state index is 0.257. The third kappa shape index (κ3) is 4.84. The first-order valence-corrected chi connectivity index (χ1v) is 9.74. The average Bonchev–Trinajstić information content (AvgIpc) is 2.67. The summed E-state index contributed by atoms with van der Waals surface area (Å²) < 4.78 is 29.1. The van der Waals surface area contributed by atoms with E-state index in [0.717, 1.165) is 11.6 Å². The highest BCUT2D eigenvalue weighted by Crippen LogP contribution is 2.27. The SMILES string of the molecule is NS(=O)(=O)c1cc(NCc2ccccc2Oc2ccccc2)cc([N+](=O)[O-])c1. The molecule has 0 saturated carbocycles. The molecular weight excluding hydrogens is 382 g/mol. The van der Waals surface area contributed by atoms with Gasteiger partial charge < -0.3 is 10.1 Å². The first kappa shape index (κ1) is 19.3. The number of nitrogens with two attached hydrogens (primary N) is 1. The Morgan fingerprint density at radius 1 is 1.00 bits per heavy atom. The molecule has 0 aliphatic carbocycles. The second-order valence-electron chi connectivity index (χ2n) is 5.89. The summed E-state index contributed by atoms with van der Waals surface area (Å²) in [4.78, 5) is 10.1. The lowest BCUT2D eigenvalue weighted by atomic mass is 10.2. The van der Waals surface area contributed by atoms with E-state index in [0.29, 0.717) is 11.5 Å². The van der Waals surface area contributed by atoms with Gasteiger partial charge in [0.1, 0.15) is 11.5 Å². The zero-order chi connectivity index (χ0) is 20.1. The maximum absolute atomic E-state index is 11.6. The molecule has 0 bridgehead atoms. The molecule has 0 saturated heterocycles. The summed E-state index contributed by atoms with van der Waals surface area (Å²) in [6.45, 7) is 0.258. The summed E-state index contributed by atoms with van der Waals surface area (Å²) in [6, 6.07) is 20.0. The fourth-order valence-electron chi connectivity index (χ4n) is 2.52. The van der Waals surface area contributed by atoms with E-state index < -0.39 is 14.9 Å². The number of nitrogens with one attached hydrogen (secondary N) is 1. The Labute approximate surface area is 161 Å². The van der Waals surface area contributed by atoms with Crippen molar-refractivity contribution in [2.45, 2.75) is 11.4 Å². The van der Waals surface area contributed by atoms with E-state index in [4.69, 9.17) is 9.88 Å². The molecule has 0 amide bonds. The summed E-state index contributed by atoms with van der Waals surface area (Å²) >= 11 is 0. The molecule has 3 rings (SSSR count). The first-order chi connectivity index (χ1) is 13.3. The van der Waals surface area contributed by atoms with Crippen molar-refractivity contribution in [1.29, 1.82) is 0 Å². The number of primary sulfonamides is 1. The normalized spacial score (nSPS) is 11.0. The number of non-ortho nitro benzene ring substituents is 1. The summed E-state index contributed by atoms with van der Waals surface area (Å²) in [5.74, 6) is 1.28. The molecule has 0 aliphatic rings. The lowest BCUT2D eigenvalue weighted by Gasteiger charge is -2.13. The smallest absolute Gasteiger partial charge is 0.272 e. The van der Waals surface area contributed by atoms with E-state index in [1.54, 1.807) is 6.07 Å². The monoisotopic (exact) mass is 399 g/mol. The maximum Gasteiger partial charge on any atom is 0.272 e. The molecule has 0 radical (unpaired) electrons. The molecule has 0 unspecified atom stereocenters. The first-order valence-electron chi connectivity index (χ1n) is 8.20. The van der Waals surface area contributed by atoms with Gasteiger partial charge in [0.05, 0.1) is 9.82 Å². The van der Waals surface area contributed by atoms with Crippen LogP contribution in [-0.4, -0.2) is 13.3 Å². The summed E-state index contributed by atoms with van der Waals surface area (Å²) in [7, 11) is -4.08. The summed E-state index contributed by atoms with van der Waals surface area (Å²) in [6.07, 6.45) is 0. The maximum atomic E-state index is 11.6. The van der Waals surface area contributed by atoms with Crippen molar-refractivity contribution in [2.75, 3.05) is 5.32 Å². The Bertz CT molecular complexity index is 1100. The van der Waals surface area contributed by atoms with Crippen molar-refractivity contribution in [1.82, 2.24) is 0 Å². The van der Waals surface area contributed by atoms with E-state index >= 15 is 0 Å². The largest absolute Gasteiger partial charge is 0.457 e. The minimum atomic E-state index is -4.08. The Morgan fingerprint density at radius 2 is 1.68 bits per heavy atom. The molecule has 3 aromatic carbocycles. The van der Waals surface area contributed by atoms with Crippen LogP contribution in [0.2, 0.25) is 0 Å². The van der Waals surface area contributed by atoms with Gasteiger partial charge in [-0.15, -0.1) is 0 Å². The molecule has 8 nitrogen and oxygen atoms in total. The fraction of sp³-hybridized carbons (Fsp3) is 0.0526. The average molecular weight is 399 g/mol. The van der Waals surface area contributed by atoms with Crippen LogP contribution in [0, 0.1) is 10.1 Å². The number of hydrogen-bond acceptors (Lipinski definition) is 6. The molecule has 0 aliphatic heterocycles. The van der Waals surface area contributed by atoms with Crippen LogP contribution in [0.3, 0.4) is 0 Å². The number of nitrogens with zero attached hydrogens (tertiary/aromatic N) is 1. The number of nitro groups is 1. The molecule has 0 spiro atoms. The van der Waals surface area contributed by atoms with E-state index in [-0.39, 0.29) is 22.8 Å². The van der Waals surface area contributed by atoms with Gasteiger partial charge in [0.15, 0.2) is 0 Å². The van der Waals surface area contributed by atoms with Gasteiger partial charge in [-0.3, -0.25) is 10.1 Å². The third-order valence-electron chi connectivity index (χ3n) is 3.86. The Kier molecular flexibility index (Phi) is 5.57. The minimum Gasteiger partial charge on any atom is -0.457 e. The van der Waals surface area contributed by atoms with Gasteiger partial charge in [-0.2, -0.15) is 0 Å². The highest BCUT2D eigenvalue weighted by molar-refractivity contribution is 7.89. The zero-order valence-electron chi connectivity index (χ0n) is 14.6. The number of ether oxygens (including phenoxy) is 1. The highest BCUT2D eigenvalue weighted by atomic mass is 32.2. The molecule has 144 valence electrons. The van der Waals surface area contributed by atoms with Crippen LogP contribution in [0.25, 0.3) is 0 Å². The molecule has 9 heteroatoms. The van der Waals surface area contributed by atoms with Crippen molar-refractivity contribution < 1.29 is 18.1 Å².